The Morgan fingerprint density at radius 2 is 1.88 bits per heavy atom. The van der Waals surface area contributed by atoms with E-state index in [1.54, 1.807) is 6.07 Å². The molecule has 2 N–H and O–H groups in total. The number of pyridine rings is 1. The van der Waals surface area contributed by atoms with Gasteiger partial charge in [-0.15, -0.1) is 0 Å². The molecule has 2 rings (SSSR count). The molecule has 0 saturated carbocycles. The van der Waals surface area contributed by atoms with Crippen molar-refractivity contribution in [1.29, 1.82) is 0 Å². The highest BCUT2D eigenvalue weighted by Gasteiger charge is 2.01. The molecule has 0 radical (unpaired) electrons. The third-order valence-electron chi connectivity index (χ3n) is 2.73. The summed E-state index contributed by atoms with van der Waals surface area (Å²) < 4.78 is 1.82. The maximum Gasteiger partial charge on any atom is 0.251 e. The molecule has 1 aromatic heterocycles. The average Bonchev–Trinajstić information content (AvgIpc) is 2.32. The Kier molecular flexibility index (Phi) is 3.37. The topological polar surface area (TPSA) is 48.0 Å². The quantitative estimate of drug-likeness (QED) is 0.791. The number of rotatable bonds is 4. The van der Waals surface area contributed by atoms with E-state index in [9.17, 15) is 4.79 Å². The lowest BCUT2D eigenvalue weighted by Crippen LogP contribution is -2.19. The Morgan fingerprint density at radius 3 is 2.69 bits per heavy atom. The zero-order valence-electron chi connectivity index (χ0n) is 9.23. The van der Waals surface area contributed by atoms with Crippen LogP contribution in [0.1, 0.15) is 12.8 Å². The predicted molar refractivity (Wildman–Crippen MR) is 66.5 cm³/mol. The van der Waals surface area contributed by atoms with Crippen molar-refractivity contribution in [2.24, 2.45) is 5.73 Å². The first-order valence-electron chi connectivity index (χ1n) is 5.61. The van der Waals surface area contributed by atoms with E-state index in [1.807, 2.05) is 34.9 Å². The summed E-state index contributed by atoms with van der Waals surface area (Å²) in [6.07, 6.45) is 1.90. The first-order valence-corrected chi connectivity index (χ1v) is 5.61. The van der Waals surface area contributed by atoms with Crippen LogP contribution in [-0.2, 0) is 6.54 Å². The Labute approximate surface area is 94.5 Å². The van der Waals surface area contributed by atoms with Crippen LogP contribution in [0.4, 0.5) is 0 Å². The van der Waals surface area contributed by atoms with Crippen molar-refractivity contribution < 1.29 is 0 Å². The molecular formula is C13H16N2O. The second-order valence-electron chi connectivity index (χ2n) is 3.88. The van der Waals surface area contributed by atoms with Crippen LogP contribution in [0.25, 0.3) is 10.9 Å². The largest absolute Gasteiger partial charge is 0.330 e. The van der Waals surface area contributed by atoms with Gasteiger partial charge < -0.3 is 10.3 Å². The molecular weight excluding hydrogens is 200 g/mol. The second kappa shape index (κ2) is 4.94. The summed E-state index contributed by atoms with van der Waals surface area (Å²) in [6.45, 7) is 1.43. The zero-order chi connectivity index (χ0) is 11.4. The highest BCUT2D eigenvalue weighted by molar-refractivity contribution is 5.78. The molecule has 1 aromatic carbocycles. The summed E-state index contributed by atoms with van der Waals surface area (Å²) in [5, 5.41) is 1.11. The van der Waals surface area contributed by atoms with Crippen molar-refractivity contribution in [2.75, 3.05) is 6.54 Å². The smallest absolute Gasteiger partial charge is 0.251 e. The van der Waals surface area contributed by atoms with E-state index in [-0.39, 0.29) is 5.56 Å². The van der Waals surface area contributed by atoms with Gasteiger partial charge in [0.1, 0.15) is 0 Å². The number of aryl methyl sites for hydroxylation is 1. The Bertz CT molecular complexity index is 531. The first kappa shape index (κ1) is 10.9. The monoisotopic (exact) mass is 216 g/mol. The van der Waals surface area contributed by atoms with Gasteiger partial charge in [-0.05, 0) is 36.9 Å². The maximum absolute atomic E-state index is 11.8. The molecule has 0 amide bonds. The molecule has 0 aliphatic rings. The Morgan fingerprint density at radius 1 is 1.06 bits per heavy atom. The SMILES string of the molecule is NCCCCn1c(=O)ccc2ccccc21. The molecule has 84 valence electrons. The van der Waals surface area contributed by atoms with Gasteiger partial charge in [-0.1, -0.05) is 18.2 Å². The summed E-state index contributed by atoms with van der Waals surface area (Å²) in [5.74, 6) is 0. The molecule has 16 heavy (non-hydrogen) atoms. The fourth-order valence-electron chi connectivity index (χ4n) is 1.89. The number of unbranched alkanes of at least 4 members (excludes halogenated alkanes) is 1. The Balaban J connectivity index is 2.41. The number of aromatic nitrogens is 1. The van der Waals surface area contributed by atoms with Crippen LogP contribution in [0.15, 0.2) is 41.2 Å². The lowest BCUT2D eigenvalue weighted by atomic mass is 10.2. The van der Waals surface area contributed by atoms with Crippen LogP contribution in [0.5, 0.6) is 0 Å². The highest BCUT2D eigenvalue weighted by atomic mass is 16.1. The standard InChI is InChI=1S/C13H16N2O/c14-9-3-4-10-15-12-6-2-1-5-11(12)7-8-13(15)16/h1-2,5-8H,3-4,9-10,14H2. The lowest BCUT2D eigenvalue weighted by molar-refractivity contribution is 0.615. The van der Waals surface area contributed by atoms with Gasteiger partial charge >= 0.3 is 0 Å². The minimum Gasteiger partial charge on any atom is -0.330 e. The maximum atomic E-state index is 11.8. The average molecular weight is 216 g/mol. The molecule has 0 bridgehead atoms. The van der Waals surface area contributed by atoms with E-state index < -0.39 is 0 Å². The van der Waals surface area contributed by atoms with Gasteiger partial charge in [-0.2, -0.15) is 0 Å². The number of hydrogen-bond donors (Lipinski definition) is 1. The minimum absolute atomic E-state index is 0.0655. The summed E-state index contributed by atoms with van der Waals surface area (Å²) in [4.78, 5) is 11.8. The minimum atomic E-state index is 0.0655. The highest BCUT2D eigenvalue weighted by Crippen LogP contribution is 2.11. The third-order valence-corrected chi connectivity index (χ3v) is 2.73. The zero-order valence-corrected chi connectivity index (χ0v) is 9.23. The number of nitrogens with two attached hydrogens (primary N) is 1. The summed E-state index contributed by atoms with van der Waals surface area (Å²) >= 11 is 0. The molecule has 3 nitrogen and oxygen atoms in total. The fraction of sp³-hybridized carbons (Fsp3) is 0.308. The number of benzene rings is 1. The van der Waals surface area contributed by atoms with Crippen molar-refractivity contribution >= 4 is 10.9 Å². The first-order chi connectivity index (χ1) is 7.83. The molecule has 0 aliphatic carbocycles. The fourth-order valence-corrected chi connectivity index (χ4v) is 1.89. The van der Waals surface area contributed by atoms with Gasteiger partial charge in [-0.3, -0.25) is 4.79 Å². The number of hydrogen-bond acceptors (Lipinski definition) is 2. The van der Waals surface area contributed by atoms with E-state index >= 15 is 0 Å². The molecule has 0 unspecified atom stereocenters. The van der Waals surface area contributed by atoms with Gasteiger partial charge in [0.15, 0.2) is 0 Å². The van der Waals surface area contributed by atoms with Crippen LogP contribution >= 0.6 is 0 Å². The van der Waals surface area contributed by atoms with Crippen molar-refractivity contribution in [3.8, 4) is 0 Å². The molecule has 0 atom stereocenters. The van der Waals surface area contributed by atoms with Crippen molar-refractivity contribution in [1.82, 2.24) is 4.57 Å². The van der Waals surface area contributed by atoms with E-state index in [0.717, 1.165) is 30.3 Å². The third kappa shape index (κ3) is 2.14. The summed E-state index contributed by atoms with van der Waals surface area (Å²) in [7, 11) is 0. The van der Waals surface area contributed by atoms with Gasteiger partial charge in [0.2, 0.25) is 0 Å². The molecule has 3 heteroatoms. The van der Waals surface area contributed by atoms with E-state index in [1.165, 1.54) is 0 Å². The van der Waals surface area contributed by atoms with E-state index in [4.69, 9.17) is 5.73 Å². The molecule has 0 fully saturated rings. The van der Waals surface area contributed by atoms with Gasteiger partial charge in [0, 0.05) is 12.6 Å². The second-order valence-corrected chi connectivity index (χ2v) is 3.88. The van der Waals surface area contributed by atoms with Gasteiger partial charge in [0.05, 0.1) is 5.52 Å². The Hall–Kier alpha value is -1.61. The van der Waals surface area contributed by atoms with Crippen molar-refractivity contribution in [3.63, 3.8) is 0 Å². The van der Waals surface area contributed by atoms with Crippen molar-refractivity contribution in [3.05, 3.63) is 46.8 Å². The summed E-state index contributed by atoms with van der Waals surface area (Å²) in [5.41, 5.74) is 6.53. The van der Waals surface area contributed by atoms with Crippen LogP contribution < -0.4 is 11.3 Å². The van der Waals surface area contributed by atoms with Gasteiger partial charge in [0.25, 0.3) is 5.56 Å². The summed E-state index contributed by atoms with van der Waals surface area (Å²) in [6, 6.07) is 11.5. The molecule has 0 spiro atoms. The van der Waals surface area contributed by atoms with Crippen molar-refractivity contribution in [2.45, 2.75) is 19.4 Å². The normalized spacial score (nSPS) is 10.8. The van der Waals surface area contributed by atoms with Crippen LogP contribution in [0.3, 0.4) is 0 Å². The number of fused-ring (bicyclic) bond motifs is 1. The predicted octanol–water partition coefficient (Wildman–Crippen LogP) is 1.74. The number of para-hydroxylation sites is 1. The molecule has 1 heterocycles. The van der Waals surface area contributed by atoms with E-state index in [0.29, 0.717) is 6.54 Å². The molecule has 0 aliphatic heterocycles. The number of nitrogens with zero attached hydrogens (tertiary/aromatic N) is 1. The molecule has 2 aromatic rings. The van der Waals surface area contributed by atoms with E-state index in [2.05, 4.69) is 0 Å². The molecule has 0 saturated heterocycles. The van der Waals surface area contributed by atoms with Crippen LogP contribution in [-0.4, -0.2) is 11.1 Å². The lowest BCUT2D eigenvalue weighted by Gasteiger charge is -2.09. The van der Waals surface area contributed by atoms with Crippen LogP contribution in [0, 0.1) is 0 Å². The van der Waals surface area contributed by atoms with Crippen LogP contribution in [0.2, 0.25) is 0 Å². The van der Waals surface area contributed by atoms with Gasteiger partial charge in [-0.25, -0.2) is 0 Å².